The lowest BCUT2D eigenvalue weighted by Crippen LogP contribution is -2.40. The molecule has 6 nitrogen and oxygen atoms in total. The van der Waals surface area contributed by atoms with Crippen molar-refractivity contribution >= 4 is 80.2 Å². The van der Waals surface area contributed by atoms with Gasteiger partial charge < -0.3 is 9.47 Å². The van der Waals surface area contributed by atoms with Crippen molar-refractivity contribution in [2.75, 3.05) is 13.2 Å². The Morgan fingerprint density at radius 3 is 2.75 bits per heavy atom. The second kappa shape index (κ2) is 11.6. The van der Waals surface area contributed by atoms with E-state index < -0.39 is 12.0 Å². The predicted octanol–water partition coefficient (Wildman–Crippen LogP) is 5.23. The maximum absolute atomic E-state index is 13.8. The molecule has 0 bridgehead atoms. The van der Waals surface area contributed by atoms with Crippen LogP contribution < -0.4 is 19.6 Å². The van der Waals surface area contributed by atoms with Crippen LogP contribution >= 0.6 is 68.1 Å². The van der Waals surface area contributed by atoms with E-state index in [0.29, 0.717) is 43.5 Å². The van der Waals surface area contributed by atoms with Crippen LogP contribution in [0.4, 0.5) is 0 Å². The molecule has 186 valence electrons. The maximum Gasteiger partial charge on any atom is 0.338 e. The summed E-state index contributed by atoms with van der Waals surface area (Å²) in [5.74, 6) is 0.151. The zero-order valence-corrected chi connectivity index (χ0v) is 25.3. The maximum atomic E-state index is 13.8. The molecule has 10 heteroatoms. The standard InChI is InChI=1S/C26H21ClI2N2O4S/c1-4-10-35-23-15(11-16(28)13-19(23)29)12-20-24(32)31-22(17-8-6-7-9-18(17)27)21(25(33)34-5-2)14(3)30-26(31)36-20/h4,6-9,11-13,22H,1,5,10H2,2-3H3/b20-12-/t22-/m1/s1. The minimum Gasteiger partial charge on any atom is -0.488 e. The van der Waals surface area contributed by atoms with Crippen molar-refractivity contribution in [2.24, 2.45) is 4.99 Å². The normalized spacial score (nSPS) is 15.4. The number of hydrogen-bond acceptors (Lipinski definition) is 6. The number of rotatable bonds is 7. The second-order valence-corrected chi connectivity index (χ2v) is 11.6. The third-order valence-corrected chi connectivity index (χ3v) is 8.14. The molecule has 1 aliphatic rings. The van der Waals surface area contributed by atoms with E-state index in [-0.39, 0.29) is 12.2 Å². The number of halogens is 3. The van der Waals surface area contributed by atoms with Crippen molar-refractivity contribution in [1.82, 2.24) is 4.57 Å². The lowest BCUT2D eigenvalue weighted by atomic mass is 9.96. The number of ether oxygens (including phenoxy) is 2. The van der Waals surface area contributed by atoms with Gasteiger partial charge in [0.05, 0.1) is 26.0 Å². The molecule has 0 spiro atoms. The van der Waals surface area contributed by atoms with Crippen LogP contribution in [0.5, 0.6) is 5.75 Å². The molecule has 1 atom stereocenters. The zero-order valence-electron chi connectivity index (χ0n) is 19.4. The molecule has 3 aromatic rings. The van der Waals surface area contributed by atoms with Crippen LogP contribution in [0.2, 0.25) is 5.02 Å². The molecule has 0 unspecified atom stereocenters. The van der Waals surface area contributed by atoms with Gasteiger partial charge in [0.1, 0.15) is 18.4 Å². The average Bonchev–Trinajstić information content (AvgIpc) is 3.12. The molecule has 0 amide bonds. The smallest absolute Gasteiger partial charge is 0.338 e. The van der Waals surface area contributed by atoms with Crippen LogP contribution in [0, 0.1) is 7.14 Å². The van der Waals surface area contributed by atoms with Crippen LogP contribution in [0.25, 0.3) is 6.08 Å². The van der Waals surface area contributed by atoms with E-state index in [1.165, 1.54) is 15.9 Å². The van der Waals surface area contributed by atoms with Gasteiger partial charge in [-0.2, -0.15) is 0 Å². The summed E-state index contributed by atoms with van der Waals surface area (Å²) in [6, 6.07) is 10.4. The van der Waals surface area contributed by atoms with Crippen molar-refractivity contribution in [1.29, 1.82) is 0 Å². The van der Waals surface area contributed by atoms with Crippen molar-refractivity contribution in [2.45, 2.75) is 19.9 Å². The van der Waals surface area contributed by atoms with Gasteiger partial charge >= 0.3 is 5.97 Å². The largest absolute Gasteiger partial charge is 0.488 e. The lowest BCUT2D eigenvalue weighted by Gasteiger charge is -2.25. The van der Waals surface area contributed by atoms with Crippen molar-refractivity contribution in [3.63, 3.8) is 0 Å². The number of thiazole rings is 1. The van der Waals surface area contributed by atoms with Gasteiger partial charge in [-0.15, -0.1) is 0 Å². The van der Waals surface area contributed by atoms with Crippen molar-refractivity contribution < 1.29 is 14.3 Å². The first-order chi connectivity index (χ1) is 17.3. The molecule has 0 saturated heterocycles. The van der Waals surface area contributed by atoms with Crippen LogP contribution in [0.3, 0.4) is 0 Å². The minimum atomic E-state index is -0.760. The summed E-state index contributed by atoms with van der Waals surface area (Å²) in [6.07, 6.45) is 3.48. The van der Waals surface area contributed by atoms with Crippen LogP contribution in [-0.2, 0) is 9.53 Å². The van der Waals surface area contributed by atoms with E-state index in [0.717, 1.165) is 12.7 Å². The van der Waals surface area contributed by atoms with E-state index >= 15 is 0 Å². The monoisotopic (exact) mass is 746 g/mol. The molecule has 0 N–H and O–H groups in total. The summed E-state index contributed by atoms with van der Waals surface area (Å²) in [5.41, 5.74) is 1.91. The average molecular weight is 747 g/mol. The fraction of sp³-hybridized carbons (Fsp3) is 0.192. The Kier molecular flexibility index (Phi) is 8.74. The molecule has 2 heterocycles. The number of fused-ring (bicyclic) bond motifs is 1. The number of benzene rings is 2. The molecule has 0 saturated carbocycles. The first-order valence-electron chi connectivity index (χ1n) is 10.9. The fourth-order valence-corrected chi connectivity index (χ4v) is 7.23. The summed E-state index contributed by atoms with van der Waals surface area (Å²) in [7, 11) is 0. The molecular formula is C26H21ClI2N2O4S. The van der Waals surface area contributed by atoms with Gasteiger partial charge in [-0.3, -0.25) is 9.36 Å². The van der Waals surface area contributed by atoms with Crippen LogP contribution in [0.1, 0.15) is 31.0 Å². The summed E-state index contributed by atoms with van der Waals surface area (Å²) in [4.78, 5) is 32.0. The summed E-state index contributed by atoms with van der Waals surface area (Å²) < 4.78 is 15.2. The Labute approximate surface area is 244 Å². The molecule has 1 aromatic heterocycles. The number of carbonyl (C=O) groups is 1. The molecular weight excluding hydrogens is 726 g/mol. The highest BCUT2D eigenvalue weighted by Crippen LogP contribution is 2.34. The predicted molar refractivity (Wildman–Crippen MR) is 159 cm³/mol. The number of hydrogen-bond donors (Lipinski definition) is 0. The highest BCUT2D eigenvalue weighted by Gasteiger charge is 2.34. The summed E-state index contributed by atoms with van der Waals surface area (Å²) in [5, 5.41) is 0.445. The third kappa shape index (κ3) is 5.34. The second-order valence-electron chi connectivity index (χ2n) is 7.73. The molecule has 1 aliphatic heterocycles. The van der Waals surface area contributed by atoms with E-state index in [1.807, 2.05) is 24.3 Å². The minimum absolute atomic E-state index is 0.202. The molecule has 0 fully saturated rings. The highest BCUT2D eigenvalue weighted by molar-refractivity contribution is 14.1. The third-order valence-electron chi connectivity index (χ3n) is 5.39. The SMILES string of the molecule is C=CCOc1c(I)cc(I)cc1/C=c1\sc2n(c1=O)[C@H](c1ccccc1Cl)C(C(=O)OCC)=C(C)N=2. The van der Waals surface area contributed by atoms with Gasteiger partial charge in [-0.1, -0.05) is 53.8 Å². The first kappa shape index (κ1) is 27.1. The van der Waals surface area contributed by atoms with Gasteiger partial charge in [0, 0.05) is 14.2 Å². The van der Waals surface area contributed by atoms with Gasteiger partial charge in [-0.05, 0) is 88.9 Å². The van der Waals surface area contributed by atoms with Crippen molar-refractivity contribution in [3.05, 3.63) is 103 Å². The van der Waals surface area contributed by atoms with Gasteiger partial charge in [0.25, 0.3) is 5.56 Å². The number of aromatic nitrogens is 1. The Balaban J connectivity index is 1.98. The van der Waals surface area contributed by atoms with Gasteiger partial charge in [-0.25, -0.2) is 9.79 Å². The lowest BCUT2D eigenvalue weighted by molar-refractivity contribution is -0.139. The highest BCUT2D eigenvalue weighted by atomic mass is 127. The van der Waals surface area contributed by atoms with E-state index in [2.05, 4.69) is 56.8 Å². The Bertz CT molecular complexity index is 1580. The number of allylic oxidation sites excluding steroid dienone is 1. The zero-order chi connectivity index (χ0) is 26.0. The quantitative estimate of drug-likeness (QED) is 0.189. The molecule has 4 rings (SSSR count). The molecule has 0 aliphatic carbocycles. The van der Waals surface area contributed by atoms with Crippen LogP contribution in [-0.4, -0.2) is 23.8 Å². The van der Waals surface area contributed by atoms with Gasteiger partial charge in [0.2, 0.25) is 0 Å². The summed E-state index contributed by atoms with van der Waals surface area (Å²) >= 11 is 12.3. The Morgan fingerprint density at radius 2 is 2.06 bits per heavy atom. The number of nitrogens with zero attached hydrogens (tertiary/aromatic N) is 2. The summed E-state index contributed by atoms with van der Waals surface area (Å²) in [6.45, 7) is 7.75. The Morgan fingerprint density at radius 1 is 1.31 bits per heavy atom. The molecule has 2 aromatic carbocycles. The van der Waals surface area contributed by atoms with Gasteiger partial charge in [0.15, 0.2) is 4.80 Å². The molecule has 0 radical (unpaired) electrons. The topological polar surface area (TPSA) is 69.9 Å². The van der Waals surface area contributed by atoms with Crippen molar-refractivity contribution in [3.8, 4) is 5.75 Å². The number of carbonyl (C=O) groups excluding carboxylic acids is 1. The van der Waals surface area contributed by atoms with Crippen LogP contribution in [0.15, 0.2) is 70.1 Å². The van der Waals surface area contributed by atoms with E-state index in [9.17, 15) is 9.59 Å². The van der Waals surface area contributed by atoms with E-state index in [4.69, 9.17) is 21.1 Å². The molecule has 36 heavy (non-hydrogen) atoms. The first-order valence-corrected chi connectivity index (χ1v) is 14.3. The Hall–Kier alpha value is -1.96. The van der Waals surface area contributed by atoms with E-state index in [1.54, 1.807) is 38.1 Å². The fourth-order valence-electron chi connectivity index (χ4n) is 3.91. The number of esters is 1.